The van der Waals surface area contributed by atoms with Crippen LogP contribution in [0.2, 0.25) is 0 Å². The average Bonchev–Trinajstić information content (AvgIpc) is 2.88. The van der Waals surface area contributed by atoms with Gasteiger partial charge >= 0.3 is 11.8 Å². The minimum Gasteiger partial charge on any atom is -0.412 e. The van der Waals surface area contributed by atoms with Crippen LogP contribution in [-0.2, 0) is 0 Å². The second-order valence-electron chi connectivity index (χ2n) is 5.94. The van der Waals surface area contributed by atoms with Crippen molar-refractivity contribution < 1.29 is 9.21 Å². The summed E-state index contributed by atoms with van der Waals surface area (Å²) in [4.78, 5) is 12.2. The summed E-state index contributed by atoms with van der Waals surface area (Å²) in [6, 6.07) is 8.01. The van der Waals surface area contributed by atoms with Gasteiger partial charge < -0.3 is 9.73 Å². The number of amides is 1. The van der Waals surface area contributed by atoms with Crippen LogP contribution in [0.25, 0.3) is 11.5 Å². The number of nitrogens with one attached hydrogen (secondary N) is 1. The van der Waals surface area contributed by atoms with Crippen LogP contribution in [0.4, 0.5) is 0 Å². The predicted molar refractivity (Wildman–Crippen MR) is 83.4 cm³/mol. The highest BCUT2D eigenvalue weighted by atomic mass is 16.4. The maximum absolute atomic E-state index is 12.2. The molecular formula is C17H21N3O2. The Morgan fingerprint density at radius 3 is 2.45 bits per heavy atom. The first kappa shape index (κ1) is 14.8. The van der Waals surface area contributed by atoms with Crippen molar-refractivity contribution in [3.8, 4) is 11.5 Å². The molecule has 5 nitrogen and oxygen atoms in total. The smallest absolute Gasteiger partial charge is 0.309 e. The number of benzene rings is 1. The standard InChI is InChI=1S/C17H21N3O2/c1-12-8-10-13(11-9-12)16-19-20-17(22-16)15(21)18-14-6-4-2-3-5-7-14/h8-11,14H,2-7H2,1H3,(H,18,21). The van der Waals surface area contributed by atoms with E-state index in [9.17, 15) is 4.79 Å². The fourth-order valence-corrected chi connectivity index (χ4v) is 2.80. The fourth-order valence-electron chi connectivity index (χ4n) is 2.80. The Labute approximate surface area is 130 Å². The summed E-state index contributed by atoms with van der Waals surface area (Å²) in [7, 11) is 0. The lowest BCUT2D eigenvalue weighted by Crippen LogP contribution is -2.34. The molecule has 1 aromatic carbocycles. The molecule has 1 saturated carbocycles. The molecule has 0 saturated heterocycles. The van der Waals surface area contributed by atoms with E-state index < -0.39 is 0 Å². The zero-order valence-electron chi connectivity index (χ0n) is 12.8. The largest absolute Gasteiger partial charge is 0.412 e. The first-order chi connectivity index (χ1) is 10.7. The Balaban J connectivity index is 1.67. The molecule has 1 N–H and O–H groups in total. The SMILES string of the molecule is Cc1ccc(-c2nnc(C(=O)NC3CCCCCC3)o2)cc1. The van der Waals surface area contributed by atoms with Gasteiger partial charge in [-0.15, -0.1) is 10.2 Å². The molecule has 2 aromatic rings. The van der Waals surface area contributed by atoms with E-state index in [0.717, 1.165) is 24.0 Å². The molecule has 1 aliphatic rings. The maximum Gasteiger partial charge on any atom is 0.309 e. The molecule has 1 aromatic heterocycles. The zero-order chi connectivity index (χ0) is 15.4. The number of aryl methyl sites for hydroxylation is 1. The van der Waals surface area contributed by atoms with Gasteiger partial charge in [0.1, 0.15) is 0 Å². The van der Waals surface area contributed by atoms with Crippen molar-refractivity contribution in [2.75, 3.05) is 0 Å². The molecule has 5 heteroatoms. The van der Waals surface area contributed by atoms with Crippen molar-refractivity contribution in [2.24, 2.45) is 0 Å². The molecule has 0 bridgehead atoms. The molecule has 0 unspecified atom stereocenters. The first-order valence-corrected chi connectivity index (χ1v) is 7.94. The van der Waals surface area contributed by atoms with Gasteiger partial charge in [-0.2, -0.15) is 0 Å². The minimum absolute atomic E-state index is 0.0415. The Morgan fingerprint density at radius 1 is 1.09 bits per heavy atom. The number of rotatable bonds is 3. The zero-order valence-corrected chi connectivity index (χ0v) is 12.8. The van der Waals surface area contributed by atoms with Gasteiger partial charge in [-0.25, -0.2) is 0 Å². The number of aromatic nitrogens is 2. The van der Waals surface area contributed by atoms with Crippen LogP contribution in [0, 0.1) is 6.92 Å². The van der Waals surface area contributed by atoms with Crippen molar-refractivity contribution in [3.05, 3.63) is 35.7 Å². The van der Waals surface area contributed by atoms with Gasteiger partial charge in [0.05, 0.1) is 0 Å². The third-order valence-electron chi connectivity index (χ3n) is 4.11. The molecule has 1 fully saturated rings. The van der Waals surface area contributed by atoms with Crippen molar-refractivity contribution in [1.82, 2.24) is 15.5 Å². The first-order valence-electron chi connectivity index (χ1n) is 7.94. The predicted octanol–water partition coefficient (Wildman–Crippen LogP) is 3.50. The molecular weight excluding hydrogens is 278 g/mol. The van der Waals surface area contributed by atoms with Crippen LogP contribution >= 0.6 is 0 Å². The van der Waals surface area contributed by atoms with Gasteiger partial charge in [0, 0.05) is 11.6 Å². The molecule has 1 amide bonds. The summed E-state index contributed by atoms with van der Waals surface area (Å²) in [6.45, 7) is 2.02. The second kappa shape index (κ2) is 6.73. The summed E-state index contributed by atoms with van der Waals surface area (Å²) in [5.74, 6) is 0.156. The van der Waals surface area contributed by atoms with Crippen LogP contribution in [-0.4, -0.2) is 22.1 Å². The molecule has 116 valence electrons. The molecule has 0 spiro atoms. The van der Waals surface area contributed by atoms with Gasteiger partial charge in [-0.3, -0.25) is 4.79 Å². The monoisotopic (exact) mass is 299 g/mol. The number of carbonyl (C=O) groups is 1. The lowest BCUT2D eigenvalue weighted by Gasteiger charge is -2.14. The van der Waals surface area contributed by atoms with Crippen LogP contribution in [0.3, 0.4) is 0 Å². The summed E-state index contributed by atoms with van der Waals surface area (Å²) in [6.07, 6.45) is 6.91. The highest BCUT2D eigenvalue weighted by Gasteiger charge is 2.20. The van der Waals surface area contributed by atoms with Gasteiger partial charge in [0.15, 0.2) is 0 Å². The van der Waals surface area contributed by atoms with Crippen molar-refractivity contribution in [1.29, 1.82) is 0 Å². The molecule has 3 rings (SSSR count). The van der Waals surface area contributed by atoms with E-state index in [0.29, 0.717) is 5.89 Å². The number of nitrogens with zero attached hydrogens (tertiary/aromatic N) is 2. The van der Waals surface area contributed by atoms with Crippen molar-refractivity contribution >= 4 is 5.91 Å². The highest BCUT2D eigenvalue weighted by molar-refractivity contribution is 5.89. The Hall–Kier alpha value is -2.17. The van der Waals surface area contributed by atoms with Crippen LogP contribution in [0.1, 0.15) is 54.8 Å². The third kappa shape index (κ3) is 3.53. The molecule has 0 aliphatic heterocycles. The Kier molecular flexibility index (Phi) is 4.51. The molecule has 0 radical (unpaired) electrons. The third-order valence-corrected chi connectivity index (χ3v) is 4.11. The van der Waals surface area contributed by atoms with E-state index in [1.54, 1.807) is 0 Å². The lowest BCUT2D eigenvalue weighted by molar-refractivity contribution is 0.0899. The van der Waals surface area contributed by atoms with Crippen molar-refractivity contribution in [3.63, 3.8) is 0 Å². The van der Waals surface area contributed by atoms with E-state index in [2.05, 4.69) is 15.5 Å². The minimum atomic E-state index is -0.266. The van der Waals surface area contributed by atoms with Gasteiger partial charge in [0.25, 0.3) is 0 Å². The Morgan fingerprint density at radius 2 is 1.77 bits per heavy atom. The Bertz CT molecular complexity index is 626. The summed E-state index contributed by atoms with van der Waals surface area (Å²) < 4.78 is 5.51. The number of carbonyl (C=O) groups excluding carboxylic acids is 1. The van der Waals surface area contributed by atoms with Gasteiger partial charge in [0.2, 0.25) is 5.89 Å². The highest BCUT2D eigenvalue weighted by Crippen LogP contribution is 2.20. The quantitative estimate of drug-likeness (QED) is 0.881. The fraction of sp³-hybridized carbons (Fsp3) is 0.471. The molecule has 1 aliphatic carbocycles. The van der Waals surface area contributed by atoms with E-state index in [4.69, 9.17) is 4.42 Å². The number of hydrogen-bond acceptors (Lipinski definition) is 4. The lowest BCUT2D eigenvalue weighted by atomic mass is 10.1. The summed E-state index contributed by atoms with van der Waals surface area (Å²) in [5, 5.41) is 10.9. The molecule has 1 heterocycles. The van der Waals surface area contributed by atoms with E-state index >= 15 is 0 Å². The normalized spacial score (nSPS) is 16.2. The summed E-state index contributed by atoms with van der Waals surface area (Å²) in [5.41, 5.74) is 1.99. The van der Waals surface area contributed by atoms with E-state index in [-0.39, 0.29) is 17.8 Å². The number of hydrogen-bond donors (Lipinski definition) is 1. The summed E-state index contributed by atoms with van der Waals surface area (Å²) >= 11 is 0. The average molecular weight is 299 g/mol. The topological polar surface area (TPSA) is 68.0 Å². The maximum atomic E-state index is 12.2. The second-order valence-corrected chi connectivity index (χ2v) is 5.94. The van der Waals surface area contributed by atoms with Crippen LogP contribution in [0.5, 0.6) is 0 Å². The van der Waals surface area contributed by atoms with Crippen molar-refractivity contribution in [2.45, 2.75) is 51.5 Å². The molecule has 22 heavy (non-hydrogen) atoms. The van der Waals surface area contributed by atoms with Crippen LogP contribution < -0.4 is 5.32 Å². The van der Waals surface area contributed by atoms with Crippen LogP contribution in [0.15, 0.2) is 28.7 Å². The van der Waals surface area contributed by atoms with Gasteiger partial charge in [-0.1, -0.05) is 43.4 Å². The van der Waals surface area contributed by atoms with Gasteiger partial charge in [-0.05, 0) is 31.9 Å². The van der Waals surface area contributed by atoms with E-state index in [1.807, 2.05) is 31.2 Å². The van der Waals surface area contributed by atoms with E-state index in [1.165, 1.54) is 25.7 Å². The molecule has 0 atom stereocenters.